The van der Waals surface area contributed by atoms with Gasteiger partial charge in [0.1, 0.15) is 5.75 Å². The number of carbonyl (C=O) groups excluding carboxylic acids is 2. The largest absolute Gasteiger partial charge is 0.497 e. The molecule has 0 aliphatic carbocycles. The first-order valence-corrected chi connectivity index (χ1v) is 9.72. The maximum Gasteiger partial charge on any atom is 0.251 e. The Hall–Kier alpha value is -3.51. The predicted octanol–water partition coefficient (Wildman–Crippen LogP) is 4.33. The molecule has 3 N–H and O–H groups in total. The number of hydrogen-bond acceptors (Lipinski definition) is 4. The summed E-state index contributed by atoms with van der Waals surface area (Å²) in [6, 6.07) is 21.8. The molecule has 6 nitrogen and oxygen atoms in total. The Morgan fingerprint density at radius 3 is 2.37 bits per heavy atom. The van der Waals surface area contributed by atoms with Gasteiger partial charge in [0.2, 0.25) is 5.91 Å². The maximum absolute atomic E-state index is 12.2. The molecule has 0 saturated heterocycles. The van der Waals surface area contributed by atoms with E-state index in [1.165, 1.54) is 0 Å². The van der Waals surface area contributed by atoms with Gasteiger partial charge in [0.05, 0.1) is 24.4 Å². The minimum Gasteiger partial charge on any atom is -0.497 e. The quantitative estimate of drug-likeness (QED) is 0.504. The number of benzene rings is 3. The zero-order valence-electron chi connectivity index (χ0n) is 16.4. The number of methoxy groups -OCH3 is 1. The highest BCUT2D eigenvalue weighted by Crippen LogP contribution is 2.26. The Kier molecular flexibility index (Phi) is 7.29. The summed E-state index contributed by atoms with van der Waals surface area (Å²) >= 11 is 6.32. The van der Waals surface area contributed by atoms with E-state index in [1.54, 1.807) is 49.6 Å². The van der Waals surface area contributed by atoms with Crippen molar-refractivity contribution in [2.45, 2.75) is 6.54 Å². The average Bonchev–Trinajstić information content (AvgIpc) is 2.77. The van der Waals surface area contributed by atoms with E-state index in [2.05, 4.69) is 16.0 Å². The molecule has 0 radical (unpaired) electrons. The first-order valence-electron chi connectivity index (χ1n) is 9.34. The lowest BCUT2D eigenvalue weighted by atomic mass is 10.2. The fourth-order valence-corrected chi connectivity index (χ4v) is 2.99. The first kappa shape index (κ1) is 21.2. The molecule has 0 unspecified atom stereocenters. The van der Waals surface area contributed by atoms with Crippen molar-refractivity contribution in [2.75, 3.05) is 24.3 Å². The SMILES string of the molecule is COc1ccc(C(=O)NCC(=O)Nc2ccc(NCc3ccccc3)c(Cl)c2)cc1. The van der Waals surface area contributed by atoms with Crippen LogP contribution in [-0.4, -0.2) is 25.5 Å². The van der Waals surface area contributed by atoms with Gasteiger partial charge in [-0.05, 0) is 48.0 Å². The van der Waals surface area contributed by atoms with E-state index < -0.39 is 0 Å². The summed E-state index contributed by atoms with van der Waals surface area (Å²) in [5.74, 6) is -0.0351. The number of hydrogen-bond donors (Lipinski definition) is 3. The van der Waals surface area contributed by atoms with Gasteiger partial charge in [0, 0.05) is 17.8 Å². The van der Waals surface area contributed by atoms with Gasteiger partial charge < -0.3 is 20.7 Å². The second kappa shape index (κ2) is 10.3. The molecule has 7 heteroatoms. The summed E-state index contributed by atoms with van der Waals surface area (Å²) in [5, 5.41) is 9.06. The normalized spacial score (nSPS) is 10.2. The van der Waals surface area contributed by atoms with Crippen molar-refractivity contribution in [2.24, 2.45) is 0 Å². The second-order valence-electron chi connectivity index (χ2n) is 6.49. The highest BCUT2D eigenvalue weighted by Gasteiger charge is 2.09. The number of nitrogens with one attached hydrogen (secondary N) is 3. The summed E-state index contributed by atoms with van der Waals surface area (Å²) < 4.78 is 5.06. The van der Waals surface area contributed by atoms with E-state index >= 15 is 0 Å². The lowest BCUT2D eigenvalue weighted by Crippen LogP contribution is -2.32. The van der Waals surface area contributed by atoms with E-state index in [1.807, 2.05) is 30.3 Å². The van der Waals surface area contributed by atoms with Crippen LogP contribution in [0.25, 0.3) is 0 Å². The molecule has 2 amide bonds. The fourth-order valence-electron chi connectivity index (χ4n) is 2.74. The highest BCUT2D eigenvalue weighted by atomic mass is 35.5. The number of carbonyl (C=O) groups is 2. The fraction of sp³-hybridized carbons (Fsp3) is 0.130. The maximum atomic E-state index is 12.2. The van der Waals surface area contributed by atoms with E-state index in [9.17, 15) is 9.59 Å². The van der Waals surface area contributed by atoms with Crippen molar-refractivity contribution in [3.63, 3.8) is 0 Å². The standard InChI is InChI=1S/C23H22ClN3O3/c1-30-19-10-7-17(8-11-19)23(29)26-15-22(28)27-18-9-12-21(20(24)13-18)25-14-16-5-3-2-4-6-16/h2-13,25H,14-15H2,1H3,(H,26,29)(H,27,28). The smallest absolute Gasteiger partial charge is 0.251 e. The van der Waals surface area contributed by atoms with Crippen LogP contribution in [0.15, 0.2) is 72.8 Å². The third-order valence-electron chi connectivity index (χ3n) is 4.34. The van der Waals surface area contributed by atoms with Crippen LogP contribution in [0.2, 0.25) is 5.02 Å². The highest BCUT2D eigenvalue weighted by molar-refractivity contribution is 6.33. The van der Waals surface area contributed by atoms with Gasteiger partial charge in [-0.25, -0.2) is 0 Å². The second-order valence-corrected chi connectivity index (χ2v) is 6.90. The molecule has 0 fully saturated rings. The van der Waals surface area contributed by atoms with Crippen LogP contribution in [0.4, 0.5) is 11.4 Å². The topological polar surface area (TPSA) is 79.5 Å². The van der Waals surface area contributed by atoms with Gasteiger partial charge in [-0.2, -0.15) is 0 Å². The molecule has 154 valence electrons. The van der Waals surface area contributed by atoms with Crippen LogP contribution >= 0.6 is 11.6 Å². The zero-order valence-corrected chi connectivity index (χ0v) is 17.2. The Balaban J connectivity index is 1.49. The molecule has 3 rings (SSSR count). The van der Waals surface area contributed by atoms with Crippen LogP contribution in [0.5, 0.6) is 5.75 Å². The van der Waals surface area contributed by atoms with Crippen molar-refractivity contribution in [1.82, 2.24) is 5.32 Å². The minimum absolute atomic E-state index is 0.156. The van der Waals surface area contributed by atoms with E-state index in [-0.39, 0.29) is 18.4 Å². The van der Waals surface area contributed by atoms with Crippen LogP contribution in [0.3, 0.4) is 0 Å². The van der Waals surface area contributed by atoms with Crippen LogP contribution in [-0.2, 0) is 11.3 Å². The Morgan fingerprint density at radius 2 is 1.70 bits per heavy atom. The summed E-state index contributed by atoms with van der Waals surface area (Å²) in [6.07, 6.45) is 0. The molecule has 0 heterocycles. The molecular weight excluding hydrogens is 402 g/mol. The molecule has 0 aromatic heterocycles. The van der Waals surface area contributed by atoms with Crippen molar-refractivity contribution < 1.29 is 14.3 Å². The number of amides is 2. The number of ether oxygens (including phenoxy) is 1. The third kappa shape index (κ3) is 5.99. The van der Waals surface area contributed by atoms with Gasteiger partial charge in [-0.1, -0.05) is 41.9 Å². The zero-order chi connectivity index (χ0) is 21.3. The van der Waals surface area contributed by atoms with Gasteiger partial charge in [-0.3, -0.25) is 9.59 Å². The summed E-state index contributed by atoms with van der Waals surface area (Å²) in [7, 11) is 1.55. The van der Waals surface area contributed by atoms with Crippen molar-refractivity contribution in [3.8, 4) is 5.75 Å². The van der Waals surface area contributed by atoms with Crippen LogP contribution in [0, 0.1) is 0 Å². The molecule has 3 aromatic carbocycles. The van der Waals surface area contributed by atoms with Crippen LogP contribution < -0.4 is 20.7 Å². The molecule has 3 aromatic rings. The number of halogens is 1. The molecule has 0 atom stereocenters. The Morgan fingerprint density at radius 1 is 0.967 bits per heavy atom. The summed E-state index contributed by atoms with van der Waals surface area (Å²) in [6.45, 7) is 0.486. The van der Waals surface area contributed by atoms with E-state index in [0.717, 1.165) is 11.3 Å². The van der Waals surface area contributed by atoms with Crippen molar-refractivity contribution in [3.05, 3.63) is 88.9 Å². The monoisotopic (exact) mass is 423 g/mol. The lowest BCUT2D eigenvalue weighted by molar-refractivity contribution is -0.115. The minimum atomic E-state index is -0.349. The lowest BCUT2D eigenvalue weighted by Gasteiger charge is -2.11. The van der Waals surface area contributed by atoms with E-state index in [4.69, 9.17) is 16.3 Å². The van der Waals surface area contributed by atoms with Gasteiger partial charge in [0.15, 0.2) is 0 Å². The van der Waals surface area contributed by atoms with Gasteiger partial charge in [-0.15, -0.1) is 0 Å². The number of anilines is 2. The molecule has 0 bridgehead atoms. The summed E-state index contributed by atoms with van der Waals surface area (Å²) in [4.78, 5) is 24.3. The van der Waals surface area contributed by atoms with Crippen molar-refractivity contribution in [1.29, 1.82) is 0 Å². The van der Waals surface area contributed by atoms with Gasteiger partial charge in [0.25, 0.3) is 5.91 Å². The molecule has 0 aliphatic heterocycles. The molecule has 0 aliphatic rings. The Labute approximate surface area is 180 Å². The molecule has 30 heavy (non-hydrogen) atoms. The van der Waals surface area contributed by atoms with Crippen molar-refractivity contribution >= 4 is 34.8 Å². The first-order chi connectivity index (χ1) is 14.5. The summed E-state index contributed by atoms with van der Waals surface area (Å²) in [5.41, 5.74) is 2.90. The van der Waals surface area contributed by atoms with E-state index in [0.29, 0.717) is 28.6 Å². The Bertz CT molecular complexity index is 1010. The van der Waals surface area contributed by atoms with Gasteiger partial charge >= 0.3 is 0 Å². The third-order valence-corrected chi connectivity index (χ3v) is 4.65. The average molecular weight is 424 g/mol. The number of rotatable bonds is 8. The van der Waals surface area contributed by atoms with Crippen LogP contribution in [0.1, 0.15) is 15.9 Å². The molecule has 0 saturated carbocycles. The molecular formula is C23H22ClN3O3. The molecule has 0 spiro atoms. The predicted molar refractivity (Wildman–Crippen MR) is 119 cm³/mol.